The molecule has 1 atom stereocenters. The van der Waals surface area contributed by atoms with E-state index in [2.05, 4.69) is 36.8 Å². The summed E-state index contributed by atoms with van der Waals surface area (Å²) in [6, 6.07) is 3.00. The quantitative estimate of drug-likeness (QED) is 0.800. The summed E-state index contributed by atoms with van der Waals surface area (Å²) >= 11 is 3.45. The van der Waals surface area contributed by atoms with Gasteiger partial charge in [-0.1, -0.05) is 5.10 Å². The van der Waals surface area contributed by atoms with Crippen molar-refractivity contribution in [3.05, 3.63) is 33.4 Å². The smallest absolute Gasteiger partial charge is 0.248 e. The minimum absolute atomic E-state index is 0.369. The third-order valence-corrected chi connectivity index (χ3v) is 4.34. The van der Waals surface area contributed by atoms with E-state index in [9.17, 15) is 4.79 Å². The number of nitrogens with two attached hydrogens (primary N) is 1. The number of nitrogens with zero attached hydrogens (tertiary/aromatic N) is 4. The van der Waals surface area contributed by atoms with Crippen molar-refractivity contribution in [2.75, 3.05) is 19.5 Å². The van der Waals surface area contributed by atoms with Gasteiger partial charge in [0.15, 0.2) is 11.5 Å². The lowest BCUT2D eigenvalue weighted by Crippen LogP contribution is -2.31. The Morgan fingerprint density at radius 1 is 1.38 bits per heavy atom. The van der Waals surface area contributed by atoms with Crippen LogP contribution in [0.5, 0.6) is 11.5 Å². The Balaban J connectivity index is 2.24. The van der Waals surface area contributed by atoms with E-state index in [4.69, 9.17) is 15.2 Å². The molecule has 1 unspecified atom stereocenters. The second kappa shape index (κ2) is 6.11. The van der Waals surface area contributed by atoms with Gasteiger partial charge < -0.3 is 20.5 Å². The number of primary amides is 1. The van der Waals surface area contributed by atoms with Crippen molar-refractivity contribution in [2.24, 2.45) is 5.73 Å². The monoisotopic (exact) mass is 394 g/mol. The van der Waals surface area contributed by atoms with Crippen molar-refractivity contribution < 1.29 is 14.3 Å². The molecule has 1 aliphatic rings. The number of anilines is 1. The zero-order valence-corrected chi connectivity index (χ0v) is 14.8. The molecule has 2 heterocycles. The first-order valence-electron chi connectivity index (χ1n) is 6.94. The molecule has 0 radical (unpaired) electrons. The summed E-state index contributed by atoms with van der Waals surface area (Å²) < 4.78 is 12.9. The molecule has 0 bridgehead atoms. The number of methoxy groups -OCH3 is 2. The Morgan fingerprint density at radius 2 is 2.12 bits per heavy atom. The number of halogens is 1. The molecular formula is C14H15BrN6O3. The number of carbonyl (C=O) groups is 1. The van der Waals surface area contributed by atoms with Gasteiger partial charge in [-0.05, 0) is 51.0 Å². The van der Waals surface area contributed by atoms with E-state index >= 15 is 0 Å². The average molecular weight is 395 g/mol. The SMILES string of the molecule is COc1cc(C2C(C(N)=O)=C(C)Nc3nnnn32)cc(Br)c1OC. The van der Waals surface area contributed by atoms with Gasteiger partial charge in [0, 0.05) is 5.70 Å². The minimum Gasteiger partial charge on any atom is -0.493 e. The summed E-state index contributed by atoms with van der Waals surface area (Å²) in [7, 11) is 3.08. The maximum atomic E-state index is 12.0. The van der Waals surface area contributed by atoms with Crippen molar-refractivity contribution in [3.8, 4) is 11.5 Å². The molecule has 3 N–H and O–H groups in total. The van der Waals surface area contributed by atoms with E-state index in [0.717, 1.165) is 5.56 Å². The van der Waals surface area contributed by atoms with E-state index < -0.39 is 11.9 Å². The van der Waals surface area contributed by atoms with Crippen LogP contribution in [0.25, 0.3) is 0 Å². The Labute approximate surface area is 145 Å². The van der Waals surface area contributed by atoms with Crippen LogP contribution in [0.15, 0.2) is 27.9 Å². The van der Waals surface area contributed by atoms with Crippen LogP contribution in [0.1, 0.15) is 18.5 Å². The first kappa shape index (κ1) is 16.2. The highest BCUT2D eigenvalue weighted by Gasteiger charge is 2.33. The third kappa shape index (κ3) is 2.48. The zero-order chi connectivity index (χ0) is 17.4. The maximum Gasteiger partial charge on any atom is 0.248 e. The van der Waals surface area contributed by atoms with Gasteiger partial charge in [0.05, 0.1) is 24.3 Å². The van der Waals surface area contributed by atoms with Crippen LogP contribution in [-0.4, -0.2) is 40.3 Å². The molecule has 0 spiro atoms. The molecule has 0 saturated carbocycles. The molecule has 1 aromatic heterocycles. The van der Waals surface area contributed by atoms with Crippen LogP contribution >= 0.6 is 15.9 Å². The summed E-state index contributed by atoms with van der Waals surface area (Å²) in [5.41, 5.74) is 7.28. The fourth-order valence-corrected chi connectivity index (χ4v) is 3.36. The molecular weight excluding hydrogens is 380 g/mol. The minimum atomic E-state index is -0.579. The van der Waals surface area contributed by atoms with Gasteiger partial charge in [-0.15, -0.1) is 0 Å². The number of allylic oxidation sites excluding steroid dienone is 1. The fourth-order valence-electron chi connectivity index (χ4n) is 2.74. The lowest BCUT2D eigenvalue weighted by molar-refractivity contribution is -0.115. The first-order valence-corrected chi connectivity index (χ1v) is 7.74. The van der Waals surface area contributed by atoms with E-state index in [1.807, 2.05) is 6.07 Å². The summed E-state index contributed by atoms with van der Waals surface area (Å²) in [6.07, 6.45) is 0. The highest BCUT2D eigenvalue weighted by Crippen LogP contribution is 2.41. The molecule has 1 aromatic carbocycles. The summed E-state index contributed by atoms with van der Waals surface area (Å²) in [4.78, 5) is 12.0. The number of fused-ring (bicyclic) bond motifs is 1. The normalized spacial score (nSPS) is 16.4. The largest absolute Gasteiger partial charge is 0.493 e. The van der Waals surface area contributed by atoms with Crippen LogP contribution in [-0.2, 0) is 4.79 Å². The molecule has 0 aliphatic carbocycles. The van der Waals surface area contributed by atoms with Crippen molar-refractivity contribution in [3.63, 3.8) is 0 Å². The molecule has 1 amide bonds. The summed E-state index contributed by atoms with van der Waals surface area (Å²) in [5.74, 6) is 0.926. The van der Waals surface area contributed by atoms with E-state index in [1.165, 1.54) is 11.8 Å². The number of carbonyl (C=O) groups excluding carboxylic acids is 1. The molecule has 126 valence electrons. The van der Waals surface area contributed by atoms with Crippen LogP contribution in [0.3, 0.4) is 0 Å². The van der Waals surface area contributed by atoms with Gasteiger partial charge in [0.25, 0.3) is 0 Å². The number of nitrogens with one attached hydrogen (secondary N) is 1. The topological polar surface area (TPSA) is 117 Å². The molecule has 24 heavy (non-hydrogen) atoms. The molecule has 0 fully saturated rings. The van der Waals surface area contributed by atoms with Crippen LogP contribution in [0.4, 0.5) is 5.95 Å². The molecule has 1 aliphatic heterocycles. The number of aromatic nitrogens is 4. The number of benzene rings is 1. The van der Waals surface area contributed by atoms with Crippen LogP contribution in [0.2, 0.25) is 0 Å². The Bertz CT molecular complexity index is 847. The van der Waals surface area contributed by atoms with E-state index in [1.54, 1.807) is 20.1 Å². The van der Waals surface area contributed by atoms with Crippen LogP contribution in [0, 0.1) is 0 Å². The van der Waals surface area contributed by atoms with Crippen molar-refractivity contribution in [1.29, 1.82) is 0 Å². The van der Waals surface area contributed by atoms with Crippen molar-refractivity contribution in [2.45, 2.75) is 13.0 Å². The second-order valence-corrected chi connectivity index (χ2v) is 5.97. The molecule has 0 saturated heterocycles. The van der Waals surface area contributed by atoms with Gasteiger partial charge in [-0.3, -0.25) is 4.79 Å². The van der Waals surface area contributed by atoms with Gasteiger partial charge in [-0.2, -0.15) is 4.68 Å². The second-order valence-electron chi connectivity index (χ2n) is 5.12. The third-order valence-electron chi connectivity index (χ3n) is 3.75. The molecule has 2 aromatic rings. The zero-order valence-electron chi connectivity index (χ0n) is 13.2. The number of ether oxygens (including phenoxy) is 2. The average Bonchev–Trinajstić information content (AvgIpc) is 3.00. The standard InChI is InChI=1S/C14H15BrN6O3/c1-6-10(13(16)22)11(21-14(17-6)18-19-20-21)7-4-8(15)12(24-3)9(5-7)23-2/h4-5,11H,1-3H3,(H2,16,22)(H,17,18,20). The highest BCUT2D eigenvalue weighted by molar-refractivity contribution is 9.10. The maximum absolute atomic E-state index is 12.0. The predicted molar refractivity (Wildman–Crippen MR) is 88.7 cm³/mol. The summed E-state index contributed by atoms with van der Waals surface area (Å²) in [5, 5.41) is 14.5. The van der Waals surface area contributed by atoms with Crippen LogP contribution < -0.4 is 20.5 Å². The first-order chi connectivity index (χ1) is 11.5. The number of rotatable bonds is 4. The number of hydrogen-bond acceptors (Lipinski definition) is 7. The molecule has 9 nitrogen and oxygen atoms in total. The van der Waals surface area contributed by atoms with Crippen molar-refractivity contribution >= 4 is 27.8 Å². The summed E-state index contributed by atoms with van der Waals surface area (Å²) in [6.45, 7) is 1.75. The van der Waals surface area contributed by atoms with Crippen molar-refractivity contribution in [1.82, 2.24) is 20.2 Å². The predicted octanol–water partition coefficient (Wildman–Crippen LogP) is 1.23. The molecule has 3 rings (SSSR count). The molecule has 10 heteroatoms. The lowest BCUT2D eigenvalue weighted by Gasteiger charge is -2.27. The van der Waals surface area contributed by atoms with Gasteiger partial charge in [0.1, 0.15) is 6.04 Å². The number of hydrogen-bond donors (Lipinski definition) is 2. The van der Waals surface area contributed by atoms with E-state index in [-0.39, 0.29) is 0 Å². The number of amides is 1. The highest BCUT2D eigenvalue weighted by atomic mass is 79.9. The Morgan fingerprint density at radius 3 is 2.75 bits per heavy atom. The van der Waals surface area contributed by atoms with Gasteiger partial charge in [0.2, 0.25) is 11.9 Å². The Hall–Kier alpha value is -2.62. The lowest BCUT2D eigenvalue weighted by atomic mass is 9.95. The fraction of sp³-hybridized carbons (Fsp3) is 0.286. The van der Waals surface area contributed by atoms with Gasteiger partial charge in [-0.25, -0.2) is 0 Å². The number of tetrazole rings is 1. The Kier molecular flexibility index (Phi) is 4.14. The van der Waals surface area contributed by atoms with Gasteiger partial charge >= 0.3 is 0 Å². The van der Waals surface area contributed by atoms with E-state index in [0.29, 0.717) is 33.2 Å².